The minimum atomic E-state index is -1.48. The van der Waals surface area contributed by atoms with E-state index in [4.69, 9.17) is 20.6 Å². The van der Waals surface area contributed by atoms with Gasteiger partial charge in [0.05, 0.1) is 22.8 Å². The van der Waals surface area contributed by atoms with Crippen LogP contribution in [0.25, 0.3) is 0 Å². The zero-order valence-electron chi connectivity index (χ0n) is 20.4. The first kappa shape index (κ1) is 29.4. The van der Waals surface area contributed by atoms with Crippen molar-refractivity contribution in [1.29, 1.82) is 5.26 Å². The molecule has 0 fully saturated rings. The molecule has 2 rings (SSSR count). The van der Waals surface area contributed by atoms with Crippen molar-refractivity contribution >= 4 is 17.9 Å². The Bertz CT molecular complexity index is 1010. The first-order chi connectivity index (χ1) is 16.7. The molecule has 9 nitrogen and oxygen atoms in total. The third-order valence-electron chi connectivity index (χ3n) is 5.58. The van der Waals surface area contributed by atoms with Crippen LogP contribution in [0.4, 0.5) is 0 Å². The predicted molar refractivity (Wildman–Crippen MR) is 131 cm³/mol. The molecular weight excluding hydrogens is 450 g/mol. The monoisotopic (exact) mass is 485 g/mol. The standard InChI is InChI=1S/C17H29N3.C9H6O6/c1-3-4-5-6-7-8-9-10-11-12-17-19-13-14-20(17)16(2)15-18;10-7(11)4-1-2-5(8(12)13)6(3-4)9(14)15/h13-14,16H,3-12H2,1-2H3;1-3H,(H,10,11)(H,12,13)(H,14,15). The van der Waals surface area contributed by atoms with Crippen LogP contribution < -0.4 is 0 Å². The normalized spacial score (nSPS) is 11.1. The van der Waals surface area contributed by atoms with Gasteiger partial charge in [-0.1, -0.05) is 58.3 Å². The summed E-state index contributed by atoms with van der Waals surface area (Å²) in [5.41, 5.74) is -1.24. The van der Waals surface area contributed by atoms with E-state index in [1.54, 1.807) is 6.20 Å². The Morgan fingerprint density at radius 1 is 0.914 bits per heavy atom. The molecule has 0 spiro atoms. The number of imidazole rings is 1. The second-order valence-electron chi connectivity index (χ2n) is 8.31. The van der Waals surface area contributed by atoms with E-state index in [0.717, 1.165) is 30.4 Å². The fourth-order valence-electron chi connectivity index (χ4n) is 3.59. The average molecular weight is 486 g/mol. The Morgan fingerprint density at radius 2 is 1.49 bits per heavy atom. The van der Waals surface area contributed by atoms with E-state index in [1.807, 2.05) is 17.7 Å². The van der Waals surface area contributed by atoms with Crippen molar-refractivity contribution < 1.29 is 29.7 Å². The van der Waals surface area contributed by atoms with Crippen molar-refractivity contribution in [2.24, 2.45) is 0 Å². The molecule has 35 heavy (non-hydrogen) atoms. The van der Waals surface area contributed by atoms with E-state index in [9.17, 15) is 14.4 Å². The Balaban J connectivity index is 0.000000365. The smallest absolute Gasteiger partial charge is 0.336 e. The van der Waals surface area contributed by atoms with Crippen LogP contribution >= 0.6 is 0 Å². The lowest BCUT2D eigenvalue weighted by atomic mass is 10.0. The lowest BCUT2D eigenvalue weighted by Crippen LogP contribution is -2.10. The molecule has 0 radical (unpaired) electrons. The maximum absolute atomic E-state index is 10.6. The van der Waals surface area contributed by atoms with E-state index in [-0.39, 0.29) is 11.6 Å². The summed E-state index contributed by atoms with van der Waals surface area (Å²) in [6, 6.07) is 4.97. The summed E-state index contributed by atoms with van der Waals surface area (Å²) < 4.78 is 1.99. The second kappa shape index (κ2) is 16.0. The minimum absolute atomic E-state index is 0.105. The van der Waals surface area contributed by atoms with E-state index in [0.29, 0.717) is 0 Å². The molecule has 0 aliphatic carbocycles. The number of aromatic nitrogens is 2. The number of hydrogen-bond donors (Lipinski definition) is 3. The molecule has 0 bridgehead atoms. The van der Waals surface area contributed by atoms with Gasteiger partial charge in [0.2, 0.25) is 0 Å². The van der Waals surface area contributed by atoms with Gasteiger partial charge < -0.3 is 19.9 Å². The lowest BCUT2D eigenvalue weighted by Gasteiger charge is -2.09. The molecule has 190 valence electrons. The molecule has 0 saturated carbocycles. The highest BCUT2D eigenvalue weighted by Gasteiger charge is 2.18. The number of carboxylic acid groups (broad SMARTS) is 3. The molecule has 3 N–H and O–H groups in total. The highest BCUT2D eigenvalue weighted by molar-refractivity contribution is 6.03. The summed E-state index contributed by atoms with van der Waals surface area (Å²) >= 11 is 0. The molecule has 0 amide bonds. The highest BCUT2D eigenvalue weighted by atomic mass is 16.4. The zero-order valence-corrected chi connectivity index (χ0v) is 20.4. The number of nitriles is 1. The first-order valence-electron chi connectivity index (χ1n) is 12.0. The maximum Gasteiger partial charge on any atom is 0.336 e. The molecule has 0 saturated heterocycles. The fourth-order valence-corrected chi connectivity index (χ4v) is 3.59. The van der Waals surface area contributed by atoms with E-state index < -0.39 is 29.0 Å². The summed E-state index contributed by atoms with van der Waals surface area (Å²) in [6.07, 6.45) is 16.8. The number of rotatable bonds is 14. The summed E-state index contributed by atoms with van der Waals surface area (Å²) in [4.78, 5) is 36.1. The van der Waals surface area contributed by atoms with Gasteiger partial charge in [-0.15, -0.1) is 0 Å². The molecule has 1 atom stereocenters. The Hall–Kier alpha value is -3.67. The largest absolute Gasteiger partial charge is 0.478 e. The summed E-state index contributed by atoms with van der Waals surface area (Å²) in [5, 5.41) is 34.8. The van der Waals surface area contributed by atoms with E-state index in [2.05, 4.69) is 18.0 Å². The fraction of sp³-hybridized carbons (Fsp3) is 0.500. The van der Waals surface area contributed by atoms with Crippen LogP contribution in [0.1, 0.15) is 115 Å². The highest BCUT2D eigenvalue weighted by Crippen LogP contribution is 2.14. The summed E-state index contributed by atoms with van der Waals surface area (Å²) in [5.74, 6) is -3.14. The quantitative estimate of drug-likeness (QED) is 0.283. The van der Waals surface area contributed by atoms with Gasteiger partial charge in [0.1, 0.15) is 11.9 Å². The summed E-state index contributed by atoms with van der Waals surface area (Å²) in [7, 11) is 0. The summed E-state index contributed by atoms with van der Waals surface area (Å²) in [6.45, 7) is 4.18. The van der Waals surface area contributed by atoms with Gasteiger partial charge in [-0.25, -0.2) is 19.4 Å². The average Bonchev–Trinajstić information content (AvgIpc) is 3.31. The van der Waals surface area contributed by atoms with E-state index in [1.165, 1.54) is 57.8 Å². The third-order valence-corrected chi connectivity index (χ3v) is 5.58. The molecular formula is C26H35N3O6. The van der Waals surface area contributed by atoms with Crippen molar-refractivity contribution in [3.8, 4) is 6.07 Å². The van der Waals surface area contributed by atoms with E-state index >= 15 is 0 Å². The third kappa shape index (κ3) is 10.4. The Labute approximate surface area is 206 Å². The molecule has 2 aromatic rings. The molecule has 1 heterocycles. The van der Waals surface area contributed by atoms with Crippen LogP contribution in [-0.4, -0.2) is 42.8 Å². The maximum atomic E-state index is 10.6. The molecule has 0 aliphatic heterocycles. The van der Waals surface area contributed by atoms with Crippen molar-refractivity contribution in [3.05, 3.63) is 53.1 Å². The van der Waals surface area contributed by atoms with Crippen LogP contribution in [-0.2, 0) is 6.42 Å². The molecule has 1 aromatic heterocycles. The number of aryl methyl sites for hydroxylation is 1. The number of benzene rings is 1. The Kier molecular flexibility index (Phi) is 13.5. The minimum Gasteiger partial charge on any atom is -0.478 e. The predicted octanol–water partition coefficient (Wildman–Crippen LogP) is 5.82. The van der Waals surface area contributed by atoms with Gasteiger partial charge >= 0.3 is 17.9 Å². The number of carbonyl (C=O) groups is 3. The van der Waals surface area contributed by atoms with Gasteiger partial charge in [0, 0.05) is 18.8 Å². The van der Waals surface area contributed by atoms with Crippen LogP contribution in [0.15, 0.2) is 30.6 Å². The SMILES string of the molecule is CCCCCCCCCCCc1nccn1C(C)C#N.O=C(O)c1ccc(C(=O)O)c(C(=O)O)c1. The van der Waals surface area contributed by atoms with Gasteiger partial charge in [-0.3, -0.25) is 0 Å². The topological polar surface area (TPSA) is 154 Å². The first-order valence-corrected chi connectivity index (χ1v) is 12.0. The second-order valence-corrected chi connectivity index (χ2v) is 8.31. The van der Waals surface area contributed by atoms with Crippen LogP contribution in [0, 0.1) is 11.3 Å². The number of nitrogens with zero attached hydrogens (tertiary/aromatic N) is 3. The van der Waals surface area contributed by atoms with Crippen molar-refractivity contribution in [2.45, 2.75) is 84.1 Å². The van der Waals surface area contributed by atoms with Gasteiger partial charge in [-0.05, 0) is 31.5 Å². The van der Waals surface area contributed by atoms with Crippen LogP contribution in [0.2, 0.25) is 0 Å². The Morgan fingerprint density at radius 3 is 2.00 bits per heavy atom. The van der Waals surface area contributed by atoms with Crippen LogP contribution in [0.5, 0.6) is 0 Å². The molecule has 0 aliphatic rings. The lowest BCUT2D eigenvalue weighted by molar-refractivity contribution is 0.0649. The van der Waals surface area contributed by atoms with Gasteiger partial charge in [0.15, 0.2) is 0 Å². The van der Waals surface area contributed by atoms with Crippen LogP contribution in [0.3, 0.4) is 0 Å². The van der Waals surface area contributed by atoms with Gasteiger partial charge in [-0.2, -0.15) is 5.26 Å². The van der Waals surface area contributed by atoms with Crippen molar-refractivity contribution in [1.82, 2.24) is 9.55 Å². The number of aromatic carboxylic acids is 3. The molecule has 9 heteroatoms. The van der Waals surface area contributed by atoms with Gasteiger partial charge in [0.25, 0.3) is 0 Å². The van der Waals surface area contributed by atoms with Crippen molar-refractivity contribution in [2.75, 3.05) is 0 Å². The number of unbranched alkanes of at least 4 members (excludes halogenated alkanes) is 8. The molecule has 1 aromatic carbocycles. The number of carboxylic acids is 3. The zero-order chi connectivity index (χ0) is 26.2. The number of hydrogen-bond acceptors (Lipinski definition) is 5. The molecule has 1 unspecified atom stereocenters. The van der Waals surface area contributed by atoms with Crippen molar-refractivity contribution in [3.63, 3.8) is 0 Å².